The molecule has 1 aromatic carbocycles. The maximum Gasteiger partial charge on any atom is 0.416 e. The van der Waals surface area contributed by atoms with Gasteiger partial charge in [-0.15, -0.1) is 24.0 Å². The molecule has 0 unspecified atom stereocenters. The van der Waals surface area contributed by atoms with Crippen LogP contribution in [0.5, 0.6) is 0 Å². The first-order valence-corrected chi connectivity index (χ1v) is 8.98. The van der Waals surface area contributed by atoms with Crippen LogP contribution in [0.1, 0.15) is 43.2 Å². The summed E-state index contributed by atoms with van der Waals surface area (Å²) in [5.74, 6) is 0.603. The Bertz CT molecular complexity index is 602. The first-order chi connectivity index (χ1) is 12.4. The lowest BCUT2D eigenvalue weighted by atomic mass is 9.83. The fourth-order valence-corrected chi connectivity index (χ4v) is 3.49. The van der Waals surface area contributed by atoms with E-state index in [2.05, 4.69) is 15.6 Å². The van der Waals surface area contributed by atoms with Gasteiger partial charge < -0.3 is 15.4 Å². The average Bonchev–Trinajstić information content (AvgIpc) is 3.09. The van der Waals surface area contributed by atoms with Gasteiger partial charge in [-0.2, -0.15) is 13.2 Å². The van der Waals surface area contributed by atoms with Crippen LogP contribution in [0.4, 0.5) is 13.2 Å². The molecule has 0 amide bonds. The summed E-state index contributed by atoms with van der Waals surface area (Å²) in [6, 6.07) is 5.34. The van der Waals surface area contributed by atoms with Crippen molar-refractivity contribution in [3.8, 4) is 0 Å². The molecule has 1 fully saturated rings. The van der Waals surface area contributed by atoms with Gasteiger partial charge in [0.15, 0.2) is 5.96 Å². The van der Waals surface area contributed by atoms with Gasteiger partial charge in [0.1, 0.15) is 0 Å². The number of nitrogens with zero attached hydrogens (tertiary/aromatic N) is 1. The molecule has 0 radical (unpaired) electrons. The van der Waals surface area contributed by atoms with Crippen LogP contribution in [0.2, 0.25) is 0 Å². The van der Waals surface area contributed by atoms with Crippen molar-refractivity contribution in [1.29, 1.82) is 0 Å². The van der Waals surface area contributed by atoms with Crippen molar-refractivity contribution in [3.05, 3.63) is 35.4 Å². The molecule has 1 saturated carbocycles. The molecule has 1 aliphatic carbocycles. The van der Waals surface area contributed by atoms with Crippen molar-refractivity contribution in [3.63, 3.8) is 0 Å². The van der Waals surface area contributed by atoms with Crippen LogP contribution < -0.4 is 10.6 Å². The number of ether oxygens (including phenoxy) is 1. The number of rotatable bonds is 7. The summed E-state index contributed by atoms with van der Waals surface area (Å²) >= 11 is 0. The van der Waals surface area contributed by atoms with Crippen LogP contribution in [-0.2, 0) is 17.5 Å². The molecule has 2 rings (SSSR count). The van der Waals surface area contributed by atoms with Gasteiger partial charge in [-0.1, -0.05) is 25.0 Å². The van der Waals surface area contributed by atoms with Gasteiger partial charge in [0.25, 0.3) is 0 Å². The number of hydrogen-bond acceptors (Lipinski definition) is 2. The van der Waals surface area contributed by atoms with Crippen molar-refractivity contribution in [1.82, 2.24) is 10.6 Å². The van der Waals surface area contributed by atoms with Gasteiger partial charge in [-0.05, 0) is 42.4 Å². The molecule has 0 bridgehead atoms. The second-order valence-corrected chi connectivity index (χ2v) is 6.93. The number of guanidine groups is 1. The van der Waals surface area contributed by atoms with E-state index in [0.29, 0.717) is 11.5 Å². The molecule has 2 N–H and O–H groups in total. The molecule has 0 saturated heterocycles. The minimum Gasteiger partial charge on any atom is -0.385 e. The molecule has 1 aromatic rings. The topological polar surface area (TPSA) is 45.7 Å². The van der Waals surface area contributed by atoms with E-state index in [9.17, 15) is 13.2 Å². The highest BCUT2D eigenvalue weighted by Gasteiger charge is 2.33. The van der Waals surface area contributed by atoms with E-state index in [1.807, 2.05) is 0 Å². The zero-order valence-electron chi connectivity index (χ0n) is 15.9. The molecule has 4 nitrogen and oxygen atoms in total. The van der Waals surface area contributed by atoms with E-state index in [4.69, 9.17) is 4.74 Å². The molecule has 154 valence electrons. The van der Waals surface area contributed by atoms with E-state index in [1.165, 1.54) is 18.9 Å². The van der Waals surface area contributed by atoms with Gasteiger partial charge in [0.2, 0.25) is 0 Å². The quantitative estimate of drug-likeness (QED) is 0.328. The van der Waals surface area contributed by atoms with Crippen LogP contribution in [-0.4, -0.2) is 33.3 Å². The smallest absolute Gasteiger partial charge is 0.385 e. The Kier molecular flexibility index (Phi) is 9.86. The number of alkyl halides is 3. The lowest BCUT2D eigenvalue weighted by Crippen LogP contribution is -2.43. The lowest BCUT2D eigenvalue weighted by Gasteiger charge is -2.30. The third-order valence-corrected chi connectivity index (χ3v) is 5.07. The Labute approximate surface area is 176 Å². The Hall–Kier alpha value is -1.03. The fourth-order valence-electron chi connectivity index (χ4n) is 3.49. The molecule has 0 spiro atoms. The molecule has 0 aliphatic heterocycles. The van der Waals surface area contributed by atoms with Crippen molar-refractivity contribution in [2.45, 2.75) is 44.8 Å². The highest BCUT2D eigenvalue weighted by Crippen LogP contribution is 2.40. The van der Waals surface area contributed by atoms with Gasteiger partial charge in [-0.3, -0.25) is 4.99 Å². The number of nitrogens with one attached hydrogen (secondary N) is 2. The van der Waals surface area contributed by atoms with Gasteiger partial charge >= 0.3 is 6.18 Å². The first kappa shape index (κ1) is 24.0. The Morgan fingerprint density at radius 3 is 2.52 bits per heavy atom. The Morgan fingerprint density at radius 1 is 1.22 bits per heavy atom. The highest BCUT2D eigenvalue weighted by atomic mass is 127. The van der Waals surface area contributed by atoms with Crippen molar-refractivity contribution in [2.75, 3.05) is 27.3 Å². The van der Waals surface area contributed by atoms with E-state index in [0.717, 1.165) is 44.5 Å². The monoisotopic (exact) mass is 499 g/mol. The summed E-state index contributed by atoms with van der Waals surface area (Å²) in [5, 5.41) is 6.44. The summed E-state index contributed by atoms with van der Waals surface area (Å²) < 4.78 is 43.7. The SMILES string of the molecule is CN=C(NCc1cccc(C(F)(F)F)c1)NCC1(CCOC)CCCC1.I. The second kappa shape index (κ2) is 11.1. The van der Waals surface area contributed by atoms with Gasteiger partial charge in [0.05, 0.1) is 5.56 Å². The predicted octanol–water partition coefficient (Wildman–Crippen LogP) is 4.59. The maximum atomic E-state index is 12.8. The summed E-state index contributed by atoms with van der Waals surface area (Å²) in [4.78, 5) is 4.19. The predicted molar refractivity (Wildman–Crippen MR) is 112 cm³/mol. The maximum absolute atomic E-state index is 12.8. The minimum absolute atomic E-state index is 0. The number of aliphatic imine (C=N–C) groups is 1. The number of halogens is 4. The van der Waals surface area contributed by atoms with Crippen molar-refractivity contribution in [2.24, 2.45) is 10.4 Å². The molecule has 0 atom stereocenters. The minimum atomic E-state index is -4.33. The number of benzene rings is 1. The third-order valence-electron chi connectivity index (χ3n) is 5.07. The number of methoxy groups -OCH3 is 1. The van der Waals surface area contributed by atoms with Crippen molar-refractivity contribution < 1.29 is 17.9 Å². The van der Waals surface area contributed by atoms with E-state index >= 15 is 0 Å². The van der Waals surface area contributed by atoms with Gasteiger partial charge in [-0.25, -0.2) is 0 Å². The molecule has 8 heteroatoms. The van der Waals surface area contributed by atoms with E-state index < -0.39 is 11.7 Å². The zero-order chi connectivity index (χ0) is 19.0. The largest absolute Gasteiger partial charge is 0.416 e. The lowest BCUT2D eigenvalue weighted by molar-refractivity contribution is -0.137. The Morgan fingerprint density at radius 2 is 1.93 bits per heavy atom. The zero-order valence-corrected chi connectivity index (χ0v) is 18.2. The molecular formula is C19H29F3IN3O. The molecule has 1 aliphatic rings. The van der Waals surface area contributed by atoms with Gasteiger partial charge in [0, 0.05) is 33.9 Å². The van der Waals surface area contributed by atoms with Crippen LogP contribution >= 0.6 is 24.0 Å². The normalized spacial score (nSPS) is 16.7. The molecule has 0 heterocycles. The molecule has 27 heavy (non-hydrogen) atoms. The summed E-state index contributed by atoms with van der Waals surface area (Å²) in [6.07, 6.45) is 1.44. The van der Waals surface area contributed by atoms with Crippen LogP contribution in [0.25, 0.3) is 0 Å². The van der Waals surface area contributed by atoms with E-state index in [-0.39, 0.29) is 35.9 Å². The summed E-state index contributed by atoms with van der Waals surface area (Å²) in [7, 11) is 3.38. The van der Waals surface area contributed by atoms with Crippen LogP contribution in [0.3, 0.4) is 0 Å². The molecule has 0 aromatic heterocycles. The highest BCUT2D eigenvalue weighted by molar-refractivity contribution is 14.0. The first-order valence-electron chi connectivity index (χ1n) is 8.98. The Balaban J connectivity index is 0.00000364. The average molecular weight is 499 g/mol. The third kappa shape index (κ3) is 7.48. The molecular weight excluding hydrogens is 470 g/mol. The number of hydrogen-bond donors (Lipinski definition) is 2. The van der Waals surface area contributed by atoms with Crippen LogP contribution in [0, 0.1) is 5.41 Å². The van der Waals surface area contributed by atoms with Crippen LogP contribution in [0.15, 0.2) is 29.3 Å². The summed E-state index contributed by atoms with van der Waals surface area (Å²) in [6.45, 7) is 1.81. The fraction of sp³-hybridized carbons (Fsp3) is 0.632. The van der Waals surface area contributed by atoms with Crippen molar-refractivity contribution >= 4 is 29.9 Å². The second-order valence-electron chi connectivity index (χ2n) is 6.93. The van der Waals surface area contributed by atoms with E-state index in [1.54, 1.807) is 20.2 Å². The standard InChI is InChI=1S/C19H28F3N3O.HI/c1-23-17(25-14-18(10-11-26-2)8-3-4-9-18)24-13-15-6-5-7-16(12-15)19(20,21)22;/h5-7,12H,3-4,8-11,13-14H2,1-2H3,(H2,23,24,25);1H. The summed E-state index contributed by atoms with van der Waals surface area (Å²) in [5.41, 5.74) is 0.145.